The molecule has 154 valence electrons. The molecular weight excluding hydrogens is 412 g/mol. The number of aliphatic hydroxyl groups is 1. The van der Waals surface area contributed by atoms with Gasteiger partial charge in [-0.05, 0) is 56.7 Å². The van der Waals surface area contributed by atoms with E-state index in [0.29, 0.717) is 18.7 Å². The number of methoxy groups -OCH3 is 1. The van der Waals surface area contributed by atoms with Crippen molar-refractivity contribution < 1.29 is 19.4 Å². The van der Waals surface area contributed by atoms with Gasteiger partial charge in [0.1, 0.15) is 11.5 Å². The number of thiophene rings is 1. The molecule has 29 heavy (non-hydrogen) atoms. The molecule has 2 heterocycles. The molecule has 1 unspecified atom stereocenters. The molecule has 1 fully saturated rings. The van der Waals surface area contributed by atoms with Crippen LogP contribution in [0, 0.1) is 0 Å². The highest BCUT2D eigenvalue weighted by molar-refractivity contribution is 7.10. The summed E-state index contributed by atoms with van der Waals surface area (Å²) in [5, 5.41) is 13.2. The molecular formula is C21H23ClN2O4S. The van der Waals surface area contributed by atoms with Gasteiger partial charge in [-0.2, -0.15) is 0 Å². The topological polar surface area (TPSA) is 70.1 Å². The highest BCUT2D eigenvalue weighted by Crippen LogP contribution is 2.42. The molecule has 3 rings (SSSR count). The van der Waals surface area contributed by atoms with Gasteiger partial charge in [0.2, 0.25) is 0 Å². The summed E-state index contributed by atoms with van der Waals surface area (Å²) in [6.45, 7) is 1.19. The molecule has 1 saturated heterocycles. The number of amides is 1. The standard InChI is InChI=1S/C21H23ClN2O4S/c1-23(2)9-5-10-24-18(16-6-4-11-29-16)17(20(26)21(24)27)19(25)14-12-13(28-3)7-8-15(14)22/h4,6-8,11-12,18,25H,5,9-10H2,1-3H3/b19-17-. The molecule has 0 aliphatic carbocycles. The SMILES string of the molecule is COc1ccc(Cl)c(/C(O)=C2/C(=O)C(=O)N(CCCN(C)C)C2c2cccs2)c1. The average Bonchev–Trinajstić information content (AvgIpc) is 3.30. The zero-order valence-electron chi connectivity index (χ0n) is 16.5. The average molecular weight is 435 g/mol. The van der Waals surface area contributed by atoms with Crippen molar-refractivity contribution in [2.75, 3.05) is 34.3 Å². The second-order valence-electron chi connectivity index (χ2n) is 7.01. The molecule has 1 aliphatic heterocycles. The largest absolute Gasteiger partial charge is 0.507 e. The van der Waals surface area contributed by atoms with Crippen LogP contribution in [0.15, 0.2) is 41.3 Å². The number of carbonyl (C=O) groups is 2. The Kier molecular flexibility index (Phi) is 6.62. The molecule has 1 amide bonds. The van der Waals surface area contributed by atoms with Gasteiger partial charge in [0.15, 0.2) is 0 Å². The van der Waals surface area contributed by atoms with Gasteiger partial charge < -0.3 is 19.6 Å². The van der Waals surface area contributed by atoms with Crippen LogP contribution >= 0.6 is 22.9 Å². The molecule has 1 aliphatic rings. The van der Waals surface area contributed by atoms with E-state index in [1.54, 1.807) is 18.2 Å². The predicted octanol–water partition coefficient (Wildman–Crippen LogP) is 3.78. The van der Waals surface area contributed by atoms with E-state index in [-0.39, 0.29) is 21.9 Å². The minimum Gasteiger partial charge on any atom is -0.507 e. The zero-order chi connectivity index (χ0) is 21.1. The van der Waals surface area contributed by atoms with Crippen LogP contribution in [0.25, 0.3) is 5.76 Å². The number of benzene rings is 1. The van der Waals surface area contributed by atoms with E-state index in [9.17, 15) is 14.7 Å². The molecule has 0 bridgehead atoms. The maximum atomic E-state index is 12.9. The fourth-order valence-electron chi connectivity index (χ4n) is 3.37. The molecule has 1 aromatic carbocycles. The van der Waals surface area contributed by atoms with Crippen LogP contribution in [-0.4, -0.2) is 60.9 Å². The van der Waals surface area contributed by atoms with E-state index < -0.39 is 17.7 Å². The normalized spacial score (nSPS) is 18.7. The van der Waals surface area contributed by atoms with Gasteiger partial charge >= 0.3 is 0 Å². The number of ether oxygens (including phenoxy) is 1. The van der Waals surface area contributed by atoms with Crippen LogP contribution in [0.5, 0.6) is 5.75 Å². The van der Waals surface area contributed by atoms with Crippen molar-refractivity contribution in [3.05, 3.63) is 56.7 Å². The van der Waals surface area contributed by atoms with Crippen LogP contribution in [-0.2, 0) is 9.59 Å². The van der Waals surface area contributed by atoms with Crippen molar-refractivity contribution >= 4 is 40.4 Å². The first-order valence-corrected chi connectivity index (χ1v) is 10.4. The number of likely N-dealkylation sites (tertiary alicyclic amines) is 1. The molecule has 6 nitrogen and oxygen atoms in total. The fourth-order valence-corrected chi connectivity index (χ4v) is 4.42. The van der Waals surface area contributed by atoms with Gasteiger partial charge in [-0.3, -0.25) is 9.59 Å². The first-order valence-electron chi connectivity index (χ1n) is 9.15. The number of hydrogen-bond donors (Lipinski definition) is 1. The van der Waals surface area contributed by atoms with Gasteiger partial charge in [0.05, 0.1) is 23.7 Å². The van der Waals surface area contributed by atoms with Crippen LogP contribution in [0.2, 0.25) is 5.02 Å². The number of nitrogens with zero attached hydrogens (tertiary/aromatic N) is 2. The third-order valence-electron chi connectivity index (χ3n) is 4.79. The van der Waals surface area contributed by atoms with Crippen LogP contribution in [0.4, 0.5) is 0 Å². The third-order valence-corrected chi connectivity index (χ3v) is 6.04. The van der Waals surface area contributed by atoms with E-state index in [0.717, 1.165) is 11.4 Å². The van der Waals surface area contributed by atoms with Crippen molar-refractivity contribution in [2.24, 2.45) is 0 Å². The maximum absolute atomic E-state index is 12.9. The quantitative estimate of drug-likeness (QED) is 0.408. The van der Waals surface area contributed by atoms with Gasteiger partial charge in [-0.1, -0.05) is 17.7 Å². The molecule has 2 aromatic rings. The Labute approximate surface area is 179 Å². The second kappa shape index (κ2) is 8.98. The van der Waals surface area contributed by atoms with E-state index in [4.69, 9.17) is 16.3 Å². The van der Waals surface area contributed by atoms with Gasteiger partial charge in [0.25, 0.3) is 11.7 Å². The maximum Gasteiger partial charge on any atom is 0.295 e. The number of carbonyl (C=O) groups excluding carboxylic acids is 2. The Balaban J connectivity index is 2.09. The lowest BCUT2D eigenvalue weighted by atomic mass is 9.99. The lowest BCUT2D eigenvalue weighted by Crippen LogP contribution is -2.32. The Hall–Kier alpha value is -2.35. The number of rotatable bonds is 7. The Morgan fingerprint density at radius 3 is 2.69 bits per heavy atom. The van der Waals surface area contributed by atoms with Crippen LogP contribution < -0.4 is 4.74 Å². The summed E-state index contributed by atoms with van der Waals surface area (Å²) >= 11 is 7.71. The predicted molar refractivity (Wildman–Crippen MR) is 115 cm³/mol. The number of halogens is 1. The Morgan fingerprint density at radius 2 is 2.07 bits per heavy atom. The van der Waals surface area contributed by atoms with Crippen molar-refractivity contribution in [1.82, 2.24) is 9.80 Å². The number of ketones is 1. The summed E-state index contributed by atoms with van der Waals surface area (Å²) < 4.78 is 5.21. The van der Waals surface area contributed by atoms with Gasteiger partial charge in [0, 0.05) is 17.0 Å². The van der Waals surface area contributed by atoms with Crippen molar-refractivity contribution in [2.45, 2.75) is 12.5 Å². The second-order valence-corrected chi connectivity index (χ2v) is 8.40. The number of hydrogen-bond acceptors (Lipinski definition) is 6. The fraction of sp³-hybridized carbons (Fsp3) is 0.333. The summed E-state index contributed by atoms with van der Waals surface area (Å²) in [5.41, 5.74) is 0.316. The van der Waals surface area contributed by atoms with Crippen molar-refractivity contribution in [1.29, 1.82) is 0 Å². The molecule has 1 atom stereocenters. The molecule has 0 spiro atoms. The lowest BCUT2D eigenvalue weighted by molar-refractivity contribution is -0.139. The summed E-state index contributed by atoms with van der Waals surface area (Å²) in [4.78, 5) is 30.1. The first-order chi connectivity index (χ1) is 13.8. The number of aliphatic hydroxyl groups excluding tert-OH is 1. The van der Waals surface area contributed by atoms with Gasteiger partial charge in [-0.15, -0.1) is 11.3 Å². The zero-order valence-corrected chi connectivity index (χ0v) is 18.1. The smallest absolute Gasteiger partial charge is 0.295 e. The molecule has 1 N–H and O–H groups in total. The highest BCUT2D eigenvalue weighted by atomic mass is 35.5. The van der Waals surface area contributed by atoms with Crippen LogP contribution in [0.3, 0.4) is 0 Å². The third kappa shape index (κ3) is 4.32. The van der Waals surface area contributed by atoms with Crippen molar-refractivity contribution in [3.8, 4) is 5.75 Å². The van der Waals surface area contributed by atoms with E-state index in [1.165, 1.54) is 23.3 Å². The Bertz CT molecular complexity index is 940. The van der Waals surface area contributed by atoms with Gasteiger partial charge in [-0.25, -0.2) is 0 Å². The lowest BCUT2D eigenvalue weighted by Gasteiger charge is -2.24. The molecule has 0 radical (unpaired) electrons. The van der Waals surface area contributed by atoms with Crippen LogP contribution in [0.1, 0.15) is 22.9 Å². The van der Waals surface area contributed by atoms with E-state index >= 15 is 0 Å². The van der Waals surface area contributed by atoms with Crippen molar-refractivity contribution in [3.63, 3.8) is 0 Å². The monoisotopic (exact) mass is 434 g/mol. The number of Topliss-reactive ketones (excluding diaryl/α,β-unsaturated/α-hetero) is 1. The minimum atomic E-state index is -0.704. The molecule has 8 heteroatoms. The Morgan fingerprint density at radius 1 is 1.31 bits per heavy atom. The molecule has 0 saturated carbocycles. The minimum absolute atomic E-state index is 0.0532. The molecule has 1 aromatic heterocycles. The van der Waals surface area contributed by atoms with E-state index in [1.807, 2.05) is 36.5 Å². The summed E-state index contributed by atoms with van der Waals surface area (Å²) in [5.74, 6) is -1.11. The summed E-state index contributed by atoms with van der Waals surface area (Å²) in [6.07, 6.45) is 0.710. The highest BCUT2D eigenvalue weighted by Gasteiger charge is 2.46. The summed E-state index contributed by atoms with van der Waals surface area (Å²) in [6, 6.07) is 7.89. The van der Waals surface area contributed by atoms with E-state index in [2.05, 4.69) is 0 Å². The summed E-state index contributed by atoms with van der Waals surface area (Å²) in [7, 11) is 5.41. The first kappa shape index (κ1) is 21.4.